The van der Waals surface area contributed by atoms with Crippen LogP contribution in [0.15, 0.2) is 0 Å². The molecule has 6 N–H and O–H groups in total. The van der Waals surface area contributed by atoms with Crippen LogP contribution in [0.2, 0.25) is 0 Å². The fourth-order valence-corrected chi connectivity index (χ4v) is 3.15. The summed E-state index contributed by atoms with van der Waals surface area (Å²) < 4.78 is 0. The lowest BCUT2D eigenvalue weighted by Crippen LogP contribution is -2.27. The first-order chi connectivity index (χ1) is 7.08. The molecule has 0 heterocycles. The van der Waals surface area contributed by atoms with Crippen LogP contribution in [0.5, 0.6) is 0 Å². The average molecular weight is 246 g/mol. The van der Waals surface area contributed by atoms with Crippen molar-refractivity contribution in [2.24, 2.45) is 23.3 Å². The van der Waals surface area contributed by atoms with Gasteiger partial charge in [-0.1, -0.05) is 23.5 Å². The summed E-state index contributed by atoms with van der Waals surface area (Å²) in [7, 11) is 0. The lowest BCUT2D eigenvalue weighted by Gasteiger charge is -2.35. The number of nitrogens with one attached hydrogen (secondary N) is 2. The molecule has 0 spiro atoms. The van der Waals surface area contributed by atoms with Crippen molar-refractivity contribution < 1.29 is 0 Å². The SMILES string of the molecule is N=C(N)SCC[C@H]1C[C@@H](CSC(=N)N)C1. The minimum absolute atomic E-state index is 0.220. The molecule has 4 nitrogen and oxygen atoms in total. The van der Waals surface area contributed by atoms with Gasteiger partial charge < -0.3 is 11.5 Å². The molecular formula is C9H18N4S2. The van der Waals surface area contributed by atoms with E-state index in [1.807, 2.05) is 0 Å². The number of amidine groups is 2. The minimum atomic E-state index is 0.220. The Bertz CT molecular complexity index is 238. The Labute approximate surface area is 98.9 Å². The summed E-state index contributed by atoms with van der Waals surface area (Å²) in [6, 6.07) is 0. The Morgan fingerprint density at radius 1 is 1.07 bits per heavy atom. The highest BCUT2D eigenvalue weighted by Gasteiger charge is 2.28. The quantitative estimate of drug-likeness (QED) is 0.438. The molecule has 0 aromatic rings. The maximum atomic E-state index is 7.10. The Morgan fingerprint density at radius 3 is 2.20 bits per heavy atom. The van der Waals surface area contributed by atoms with Gasteiger partial charge in [-0.15, -0.1) is 0 Å². The van der Waals surface area contributed by atoms with Crippen molar-refractivity contribution in [1.82, 2.24) is 0 Å². The third-order valence-electron chi connectivity index (χ3n) is 2.59. The number of rotatable bonds is 5. The molecule has 0 bridgehead atoms. The van der Waals surface area contributed by atoms with Crippen molar-refractivity contribution in [2.75, 3.05) is 11.5 Å². The van der Waals surface area contributed by atoms with E-state index < -0.39 is 0 Å². The maximum absolute atomic E-state index is 7.10. The fourth-order valence-electron chi connectivity index (χ4n) is 1.79. The third-order valence-corrected chi connectivity index (χ3v) is 4.29. The summed E-state index contributed by atoms with van der Waals surface area (Å²) >= 11 is 2.88. The molecule has 1 saturated carbocycles. The zero-order valence-electron chi connectivity index (χ0n) is 8.66. The number of nitrogens with two attached hydrogens (primary N) is 2. The zero-order chi connectivity index (χ0) is 11.3. The molecule has 0 unspecified atom stereocenters. The first kappa shape index (κ1) is 12.7. The van der Waals surface area contributed by atoms with Crippen LogP contribution in [0, 0.1) is 22.7 Å². The van der Waals surface area contributed by atoms with Gasteiger partial charge in [0.05, 0.1) is 0 Å². The Kier molecular flexibility index (Phi) is 5.31. The minimum Gasteiger partial charge on any atom is -0.379 e. The van der Waals surface area contributed by atoms with Gasteiger partial charge in [-0.25, -0.2) is 0 Å². The van der Waals surface area contributed by atoms with Gasteiger partial charge in [0.1, 0.15) is 0 Å². The maximum Gasteiger partial charge on any atom is 0.151 e. The molecular weight excluding hydrogens is 228 g/mol. The first-order valence-electron chi connectivity index (χ1n) is 5.01. The molecule has 0 aromatic heterocycles. The molecule has 1 fully saturated rings. The molecule has 0 aromatic carbocycles. The molecule has 1 rings (SSSR count). The van der Waals surface area contributed by atoms with Gasteiger partial charge in [0.2, 0.25) is 0 Å². The molecule has 86 valence electrons. The largest absolute Gasteiger partial charge is 0.379 e. The number of hydrogen-bond donors (Lipinski definition) is 4. The lowest BCUT2D eigenvalue weighted by atomic mass is 9.75. The second kappa shape index (κ2) is 6.27. The van der Waals surface area contributed by atoms with E-state index in [-0.39, 0.29) is 10.3 Å². The van der Waals surface area contributed by atoms with Gasteiger partial charge in [0, 0.05) is 11.5 Å². The van der Waals surface area contributed by atoms with Crippen molar-refractivity contribution in [3.63, 3.8) is 0 Å². The fraction of sp³-hybridized carbons (Fsp3) is 0.778. The van der Waals surface area contributed by atoms with Crippen molar-refractivity contribution in [1.29, 1.82) is 10.8 Å². The third kappa shape index (κ3) is 5.32. The van der Waals surface area contributed by atoms with Crippen molar-refractivity contribution in [3.05, 3.63) is 0 Å². The van der Waals surface area contributed by atoms with Crippen LogP contribution < -0.4 is 11.5 Å². The molecule has 0 amide bonds. The van der Waals surface area contributed by atoms with Crippen LogP contribution in [0.25, 0.3) is 0 Å². The molecule has 0 atom stereocenters. The average Bonchev–Trinajstić information content (AvgIpc) is 2.06. The molecule has 1 aliphatic carbocycles. The van der Waals surface area contributed by atoms with E-state index in [4.69, 9.17) is 22.3 Å². The Morgan fingerprint density at radius 2 is 1.67 bits per heavy atom. The predicted molar refractivity (Wildman–Crippen MR) is 69.6 cm³/mol. The molecule has 0 radical (unpaired) electrons. The lowest BCUT2D eigenvalue weighted by molar-refractivity contribution is 0.212. The van der Waals surface area contributed by atoms with Crippen LogP contribution in [0.3, 0.4) is 0 Å². The van der Waals surface area contributed by atoms with E-state index in [0.29, 0.717) is 0 Å². The van der Waals surface area contributed by atoms with Crippen molar-refractivity contribution >= 4 is 33.9 Å². The highest BCUT2D eigenvalue weighted by Crippen LogP contribution is 2.38. The second-order valence-electron chi connectivity index (χ2n) is 3.88. The molecule has 15 heavy (non-hydrogen) atoms. The zero-order valence-corrected chi connectivity index (χ0v) is 10.3. The standard InChI is InChI=1S/C9H18N4S2/c10-8(11)14-2-1-6-3-7(4-6)5-15-9(12)13/h6-7H,1-5H2,(H3,10,11)(H3,12,13)/t6-,7+. The monoisotopic (exact) mass is 246 g/mol. The van der Waals surface area contributed by atoms with Gasteiger partial charge >= 0.3 is 0 Å². The second-order valence-corrected chi connectivity index (χ2v) is 6.08. The van der Waals surface area contributed by atoms with E-state index in [9.17, 15) is 0 Å². The Hall–Kier alpha value is -0.360. The smallest absolute Gasteiger partial charge is 0.151 e. The van der Waals surface area contributed by atoms with Gasteiger partial charge in [0.25, 0.3) is 0 Å². The van der Waals surface area contributed by atoms with Crippen LogP contribution in [-0.4, -0.2) is 21.8 Å². The van der Waals surface area contributed by atoms with Gasteiger partial charge in [0.15, 0.2) is 10.3 Å². The van der Waals surface area contributed by atoms with E-state index in [1.54, 1.807) is 0 Å². The summed E-state index contributed by atoms with van der Waals surface area (Å²) in [6.45, 7) is 0. The normalized spacial score (nSPS) is 24.5. The number of hydrogen-bond acceptors (Lipinski definition) is 4. The van der Waals surface area contributed by atoms with Crippen LogP contribution in [0.1, 0.15) is 19.3 Å². The summed E-state index contributed by atoms with van der Waals surface area (Å²) in [5.74, 6) is 3.50. The van der Waals surface area contributed by atoms with E-state index in [0.717, 1.165) is 29.8 Å². The summed E-state index contributed by atoms with van der Waals surface area (Å²) in [4.78, 5) is 0. The van der Waals surface area contributed by atoms with Crippen molar-refractivity contribution in [3.8, 4) is 0 Å². The van der Waals surface area contributed by atoms with Gasteiger partial charge in [-0.05, 0) is 31.1 Å². The molecule has 1 aliphatic rings. The topological polar surface area (TPSA) is 99.7 Å². The first-order valence-corrected chi connectivity index (χ1v) is 6.98. The summed E-state index contributed by atoms with van der Waals surface area (Å²) in [5, 5.41) is 14.6. The number of thioether (sulfide) groups is 2. The van der Waals surface area contributed by atoms with E-state index in [2.05, 4.69) is 0 Å². The highest BCUT2D eigenvalue weighted by molar-refractivity contribution is 8.13. The van der Waals surface area contributed by atoms with Crippen LogP contribution in [0.4, 0.5) is 0 Å². The summed E-state index contributed by atoms with van der Waals surface area (Å²) in [5.41, 5.74) is 10.5. The van der Waals surface area contributed by atoms with Gasteiger partial charge in [-0.3, -0.25) is 10.8 Å². The van der Waals surface area contributed by atoms with Crippen LogP contribution >= 0.6 is 23.5 Å². The highest BCUT2D eigenvalue weighted by atomic mass is 32.2. The molecule has 0 aliphatic heterocycles. The van der Waals surface area contributed by atoms with E-state index in [1.165, 1.54) is 36.4 Å². The predicted octanol–water partition coefficient (Wildman–Crippen LogP) is 1.66. The molecule has 0 saturated heterocycles. The van der Waals surface area contributed by atoms with Crippen molar-refractivity contribution in [2.45, 2.75) is 19.3 Å². The Balaban J connectivity index is 1.95. The van der Waals surface area contributed by atoms with E-state index >= 15 is 0 Å². The molecule has 6 heteroatoms. The summed E-state index contributed by atoms with van der Waals surface area (Å²) in [6.07, 6.45) is 3.66. The van der Waals surface area contributed by atoms with Gasteiger partial charge in [-0.2, -0.15) is 0 Å². The van der Waals surface area contributed by atoms with Crippen LogP contribution in [-0.2, 0) is 0 Å².